The fourth-order valence-corrected chi connectivity index (χ4v) is 19.5. The van der Waals surface area contributed by atoms with Gasteiger partial charge in [-0.2, -0.15) is 0 Å². The Morgan fingerprint density at radius 3 is 0.633 bits per heavy atom. The second-order valence-corrected chi connectivity index (χ2v) is 33.2. The molecule has 12 aromatic rings. The summed E-state index contributed by atoms with van der Waals surface area (Å²) in [5.41, 5.74) is 41.9. The zero-order chi connectivity index (χ0) is 67.1. The van der Waals surface area contributed by atoms with Crippen LogP contribution in [0.4, 0.5) is 0 Å². The van der Waals surface area contributed by atoms with Gasteiger partial charge in [-0.25, -0.2) is 0 Å². The van der Waals surface area contributed by atoms with Gasteiger partial charge in [-0.15, -0.1) is 0 Å². The molecule has 0 aliphatic heterocycles. The van der Waals surface area contributed by atoms with Crippen LogP contribution in [-0.4, -0.2) is 17.2 Å². The van der Waals surface area contributed by atoms with Crippen molar-refractivity contribution in [3.8, 4) is 100 Å². The van der Waals surface area contributed by atoms with E-state index in [1.807, 2.05) is 6.07 Å². The van der Waals surface area contributed by atoms with E-state index in [1.54, 1.807) is 24.3 Å². The van der Waals surface area contributed by atoms with Gasteiger partial charge < -0.3 is 10.0 Å². The van der Waals surface area contributed by atoms with Crippen molar-refractivity contribution in [3.05, 3.63) is 311 Å². The standard InChI is InChI=1S/C51H42.C33H27Br3.C6H7BO2.2CH4/c1-49(2)40-25-22-34(31-16-10-7-11-17-31)28-37(40)43-46(49)44-38-29-35(32-18-12-8-13-19-32)23-26-41(38)50(3,4)48(44)45-39-30-36(33-20-14-9-15-21-33)24-27-42(39)51(5,6)47(43)45;1-31(2)22-10-7-16(34)13-19(22)25-28(31)26-20-14-17(35)8-11-23(20)32(3,4)30(26)27-21-15-18(36)9-12-24(21)33(5,6)29(25)27;8-7(9)6-4-2-1-3-5-6;;/h7-30H,1-6H3;7-15H,1-6H3;1-5,8-9H;2*1H4. The molecule has 12 aromatic carbocycles. The van der Waals surface area contributed by atoms with Crippen LogP contribution in [0.1, 0.15) is 165 Å². The summed E-state index contributed by atoms with van der Waals surface area (Å²) in [5.74, 6) is 0. The molecule has 0 amide bonds. The summed E-state index contributed by atoms with van der Waals surface area (Å²) < 4.78 is 3.41. The van der Waals surface area contributed by atoms with Gasteiger partial charge in [0.25, 0.3) is 0 Å². The van der Waals surface area contributed by atoms with Gasteiger partial charge in [-0.3, -0.25) is 0 Å². The van der Waals surface area contributed by atoms with Crippen LogP contribution < -0.4 is 5.46 Å². The van der Waals surface area contributed by atoms with Crippen molar-refractivity contribution in [3.63, 3.8) is 0 Å². The zero-order valence-electron chi connectivity index (χ0n) is 56.5. The number of fused-ring (bicyclic) bond motifs is 24. The molecule has 18 rings (SSSR count). The molecule has 0 heterocycles. The molecule has 0 radical (unpaired) electrons. The monoisotopic (exact) mass is 1470 g/mol. The highest BCUT2D eigenvalue weighted by atomic mass is 79.9. The van der Waals surface area contributed by atoms with Gasteiger partial charge in [-0.1, -0.05) is 322 Å². The van der Waals surface area contributed by atoms with E-state index in [-0.39, 0.29) is 47.3 Å². The molecule has 0 saturated carbocycles. The Hall–Kier alpha value is -7.94. The largest absolute Gasteiger partial charge is 0.488 e. The molecule has 0 bridgehead atoms. The molecule has 98 heavy (non-hydrogen) atoms. The first-order valence-corrected chi connectivity index (χ1v) is 36.1. The van der Waals surface area contributed by atoms with E-state index in [0.29, 0.717) is 5.46 Å². The predicted molar refractivity (Wildman–Crippen MR) is 427 cm³/mol. The Labute approximate surface area is 606 Å². The minimum atomic E-state index is -1.34. The second-order valence-electron chi connectivity index (χ2n) is 30.5. The Morgan fingerprint density at radius 1 is 0.235 bits per heavy atom. The van der Waals surface area contributed by atoms with Crippen molar-refractivity contribution in [1.29, 1.82) is 0 Å². The highest BCUT2D eigenvalue weighted by molar-refractivity contribution is 9.11. The van der Waals surface area contributed by atoms with Crippen LogP contribution in [0.15, 0.2) is 244 Å². The lowest BCUT2D eigenvalue weighted by Crippen LogP contribution is -2.29. The topological polar surface area (TPSA) is 40.5 Å². The molecule has 0 aromatic heterocycles. The van der Waals surface area contributed by atoms with Crippen LogP contribution in [0, 0.1) is 0 Å². The number of rotatable bonds is 4. The van der Waals surface area contributed by atoms with Gasteiger partial charge in [0.1, 0.15) is 0 Å². The highest BCUT2D eigenvalue weighted by Crippen LogP contribution is 2.70. The summed E-state index contributed by atoms with van der Waals surface area (Å²) in [7, 11) is -1.34. The Bertz CT molecular complexity index is 4740. The third-order valence-corrected chi connectivity index (χ3v) is 24.3. The van der Waals surface area contributed by atoms with Gasteiger partial charge in [0.2, 0.25) is 0 Å². The minimum Gasteiger partial charge on any atom is -0.423 e. The van der Waals surface area contributed by atoms with E-state index in [0.717, 1.165) is 13.4 Å². The number of benzene rings is 12. The van der Waals surface area contributed by atoms with E-state index in [1.165, 1.54) is 167 Å². The highest BCUT2D eigenvalue weighted by Gasteiger charge is 2.55. The minimum absolute atomic E-state index is 0. The van der Waals surface area contributed by atoms with Gasteiger partial charge in [-0.05, 0) is 227 Å². The number of halogens is 3. The lowest BCUT2D eigenvalue weighted by molar-refractivity contribution is 0.426. The third kappa shape index (κ3) is 9.72. The van der Waals surface area contributed by atoms with Crippen LogP contribution in [0.5, 0.6) is 0 Å². The van der Waals surface area contributed by atoms with E-state index in [9.17, 15) is 0 Å². The average molecular weight is 1470 g/mol. The van der Waals surface area contributed by atoms with Gasteiger partial charge in [0.15, 0.2) is 0 Å². The first kappa shape index (κ1) is 67.3. The van der Waals surface area contributed by atoms with Crippen LogP contribution >= 0.6 is 47.8 Å². The van der Waals surface area contributed by atoms with Crippen molar-refractivity contribution in [2.24, 2.45) is 0 Å². The molecule has 0 spiro atoms. The van der Waals surface area contributed by atoms with Gasteiger partial charge >= 0.3 is 7.12 Å². The summed E-state index contributed by atoms with van der Waals surface area (Å²) in [6.45, 7) is 29.4. The predicted octanol–water partition coefficient (Wildman–Crippen LogP) is 25.1. The van der Waals surface area contributed by atoms with Crippen LogP contribution in [0.25, 0.3) is 100 Å². The summed E-state index contributed by atoms with van der Waals surface area (Å²) >= 11 is 11.4. The average Bonchev–Trinajstić information content (AvgIpc) is 1.50. The molecular weight excluding hydrogens is 1390 g/mol. The fourth-order valence-electron chi connectivity index (χ4n) is 18.4. The Balaban J connectivity index is 0.000000152. The van der Waals surface area contributed by atoms with Crippen molar-refractivity contribution >= 4 is 60.4 Å². The normalized spacial score (nSPS) is 15.9. The van der Waals surface area contributed by atoms with E-state index >= 15 is 0 Å². The fraction of sp³-hybridized carbons (Fsp3) is 0.217. The van der Waals surface area contributed by atoms with Crippen LogP contribution in [0.2, 0.25) is 0 Å². The molecule has 0 fully saturated rings. The van der Waals surface area contributed by atoms with Crippen LogP contribution in [-0.2, 0) is 32.5 Å². The van der Waals surface area contributed by atoms with Crippen LogP contribution in [0.3, 0.4) is 0 Å². The molecule has 6 aliphatic rings. The third-order valence-electron chi connectivity index (χ3n) is 22.8. The lowest BCUT2D eigenvalue weighted by Gasteiger charge is -2.31. The smallest absolute Gasteiger partial charge is 0.423 e. The maximum Gasteiger partial charge on any atom is 0.488 e. The number of hydrogen-bond donors (Lipinski definition) is 2. The quantitative estimate of drug-likeness (QED) is 0.172. The molecule has 2 nitrogen and oxygen atoms in total. The molecule has 0 atom stereocenters. The van der Waals surface area contributed by atoms with Crippen molar-refractivity contribution < 1.29 is 10.0 Å². The second kappa shape index (κ2) is 23.6. The maximum absolute atomic E-state index is 8.58. The summed E-state index contributed by atoms with van der Waals surface area (Å²) in [6.07, 6.45) is 0. The zero-order valence-corrected chi connectivity index (χ0v) is 61.3. The lowest BCUT2D eigenvalue weighted by atomic mass is 9.71. The first-order valence-electron chi connectivity index (χ1n) is 33.7. The first-order chi connectivity index (χ1) is 45.7. The SMILES string of the molecule is C.C.CC1(C)c2ccc(-c3ccccc3)cc2-c2c1c1c(c3c2C(C)(C)c2ccc(-c4ccccc4)cc2-3)C(C)(C)c2ccc(-c3ccccc3)cc2-1.CC1(C)c2ccc(Br)cc2-c2c1c1c(c3c2C(C)(C)c2ccc(Br)cc2-3)C(C)(C)c2ccc(Br)cc2-1.OB(O)c1ccccc1. The summed E-state index contributed by atoms with van der Waals surface area (Å²) in [5, 5.41) is 17.2. The van der Waals surface area contributed by atoms with Crippen molar-refractivity contribution in [2.75, 3.05) is 0 Å². The molecule has 0 saturated heterocycles. The van der Waals surface area contributed by atoms with E-state index in [4.69, 9.17) is 10.0 Å². The molecule has 6 heteroatoms. The summed E-state index contributed by atoms with van der Waals surface area (Å²) in [6, 6.07) is 83.9. The maximum atomic E-state index is 8.58. The van der Waals surface area contributed by atoms with E-state index in [2.05, 4.69) is 331 Å². The molecule has 488 valence electrons. The van der Waals surface area contributed by atoms with Crippen molar-refractivity contribution in [2.45, 2.75) is 130 Å². The number of hydrogen-bond acceptors (Lipinski definition) is 2. The molecule has 0 unspecified atom stereocenters. The van der Waals surface area contributed by atoms with Gasteiger partial charge in [0, 0.05) is 45.9 Å². The Morgan fingerprint density at radius 2 is 0.429 bits per heavy atom. The van der Waals surface area contributed by atoms with E-state index < -0.39 is 7.12 Å². The summed E-state index contributed by atoms with van der Waals surface area (Å²) in [4.78, 5) is 0. The van der Waals surface area contributed by atoms with Crippen molar-refractivity contribution in [1.82, 2.24) is 0 Å². The molecule has 2 N–H and O–H groups in total. The molecule has 6 aliphatic carbocycles. The molecular formula is C92H84BBr3O2. The Kier molecular flexibility index (Phi) is 16.2. The van der Waals surface area contributed by atoms with Gasteiger partial charge in [0.05, 0.1) is 0 Å².